The SMILES string of the molecule is C.C.Cl[Si](Cl)(Cl)Cl.[Cl-].[Li+].[Li+].[SiH3][Si-]([SiH3])[SiH3].[SiH3][Si]([SiH3])([SiH3])[Si](Cl)(Cl)Cl.[SiH3][Si]([SiH3])([SiH3])[Si]([SiH3])([SiH3])[SiH3]. The molecule has 0 rings (SSSR count). The molecule has 0 unspecified atom stereocenters. The third-order valence-electron chi connectivity index (χ3n) is 3.10. The standard InChI is InChI=1S/2CH4.Cl4Si.Cl3H9Si5.ClH.2Li.H18Si8.H9Si4/c;;1-5(2,3)4;1-7(2,3)8(4,5)6;;;;1-7(2,3)8(4,5)6;1-4(2)3/h2*1H4;;4-6H3;1H;;;1-6H3;1-3H3/q;;;;;2*+1;;-1/p-1. The Morgan fingerprint density at radius 3 is 0.533 bits per heavy atom. The topological polar surface area (TPSA) is 0 Å². The second-order valence-corrected chi connectivity index (χ2v) is 248. The Morgan fingerprint density at radius 2 is 0.533 bits per heavy atom. The molecule has 0 aliphatic rings. The fourth-order valence-corrected chi connectivity index (χ4v) is 0. The quantitative estimate of drug-likeness (QED) is 0.192. The van der Waals surface area contributed by atoms with Crippen LogP contribution in [-0.2, 0) is 0 Å². The van der Waals surface area contributed by atoms with Crippen molar-refractivity contribution in [1.82, 2.24) is 0 Å². The van der Waals surface area contributed by atoms with Crippen molar-refractivity contribution in [1.29, 1.82) is 0 Å². The van der Waals surface area contributed by atoms with Crippen molar-refractivity contribution in [3.8, 4) is 0 Å². The van der Waals surface area contributed by atoms with Crippen molar-refractivity contribution in [2.45, 2.75) is 14.9 Å². The van der Waals surface area contributed by atoms with Gasteiger partial charge < -0.3 is 12.4 Å². The van der Waals surface area contributed by atoms with Crippen LogP contribution in [0.2, 0.25) is 0 Å². The molecule has 0 spiro atoms. The molecule has 0 fully saturated rings. The Morgan fingerprint density at radius 1 is 0.467 bits per heavy atom. The van der Waals surface area contributed by atoms with Crippen LogP contribution < -0.4 is 50.1 Å². The summed E-state index contributed by atoms with van der Waals surface area (Å²) in [7, 11) is 19.2. The van der Waals surface area contributed by atoms with Gasteiger partial charge in [0.2, 0.25) is 0 Å². The summed E-state index contributed by atoms with van der Waals surface area (Å²) in [5, 5.41) is -2.72. The zero-order chi connectivity index (χ0) is 22.1. The second kappa shape index (κ2) is 28.0. The van der Waals surface area contributed by atoms with Crippen molar-refractivity contribution in [3.05, 3.63) is 0 Å². The molecule has 0 atom stereocenters. The van der Waals surface area contributed by atoms with E-state index in [4.69, 9.17) is 77.6 Å². The van der Waals surface area contributed by atoms with Gasteiger partial charge in [-0.15, -0.1) is 107 Å². The first kappa shape index (κ1) is 61.5. The number of hydrogen-bond acceptors (Lipinski definition) is 0. The normalized spacial score (nSPS) is 16.8. The Labute approximate surface area is 291 Å². The first-order chi connectivity index (χ1) is 10.2. The Bertz CT molecular complexity index is 271. The van der Waals surface area contributed by atoms with E-state index in [2.05, 4.69) is 0 Å². The first-order valence-electron chi connectivity index (χ1n) is 7.82. The average molecular weight is 871 g/mol. The summed E-state index contributed by atoms with van der Waals surface area (Å²) in [6, 6.07) is 0. The largest absolute Gasteiger partial charge is 1.00 e. The van der Waals surface area contributed by atoms with Gasteiger partial charge in [-0.2, -0.15) is 0 Å². The third-order valence-corrected chi connectivity index (χ3v) is 251. The molecular weight excluding hydrogens is 827 g/mol. The minimum absolute atomic E-state index is 0. The number of hydrogen-bond donors (Lipinski definition) is 0. The molecule has 0 aliphatic heterocycles. The maximum absolute atomic E-state index is 5.84. The van der Waals surface area contributed by atoms with Crippen molar-refractivity contribution >= 4 is 231 Å². The van der Waals surface area contributed by atoms with E-state index in [-0.39, 0.29) is 77.3 Å². The maximum Gasteiger partial charge on any atom is 1.00 e. The predicted octanol–water partition coefficient (Wildman–Crippen LogP) is -19.4. The van der Waals surface area contributed by atoms with Crippen LogP contribution in [0.4, 0.5) is 0 Å². The summed E-state index contributed by atoms with van der Waals surface area (Å²) >= 11 is 37.4. The van der Waals surface area contributed by atoms with Gasteiger partial charge in [0.25, 0.3) is 0 Å². The van der Waals surface area contributed by atoms with Gasteiger partial charge in [-0.05, 0) is 100 Å². The van der Waals surface area contributed by atoms with E-state index in [1.807, 2.05) is 0 Å². The van der Waals surface area contributed by atoms with Gasteiger partial charge in [0, 0.05) is 0 Å². The molecule has 0 aliphatic carbocycles. The van der Waals surface area contributed by atoms with Crippen molar-refractivity contribution in [3.63, 3.8) is 0 Å². The molecule has 0 heterocycles. The second-order valence-electron chi connectivity index (χ2n) is 9.18. The van der Waals surface area contributed by atoms with Crippen LogP contribution in [-0.4, -0.2) is 154 Å². The summed E-state index contributed by atoms with van der Waals surface area (Å²) in [6.45, 7) is 0. The summed E-state index contributed by atoms with van der Waals surface area (Å²) < 4.78 is 0. The molecule has 0 N–H and O–H groups in total. The van der Waals surface area contributed by atoms with Gasteiger partial charge in [-0.25, -0.2) is 0 Å². The average Bonchev–Trinajstić information content (AvgIpc) is 2.06. The van der Waals surface area contributed by atoms with Crippen LogP contribution in [0.15, 0.2) is 0 Å². The molecule has 30 heavy (non-hydrogen) atoms. The van der Waals surface area contributed by atoms with Crippen LogP contribution in [0.3, 0.4) is 0 Å². The molecule has 0 saturated heterocycles. The van der Waals surface area contributed by atoms with Gasteiger partial charge in [-0.3, -0.25) is 7.35 Å². The zero-order valence-corrected chi connectivity index (χ0v) is 56.1. The summed E-state index contributed by atoms with van der Waals surface area (Å²) in [6.07, 6.45) is -1.24. The summed E-state index contributed by atoms with van der Waals surface area (Å²) in [5.74, 6) is 0. The van der Waals surface area contributed by atoms with E-state index < -0.39 is 17.0 Å². The van der Waals surface area contributed by atoms with Crippen LogP contribution in [0.25, 0.3) is 0 Å². The van der Waals surface area contributed by atoms with E-state index in [1.54, 1.807) is 87.8 Å². The molecule has 0 aromatic heterocycles. The molecule has 0 bridgehead atoms. The molecule has 0 radical (unpaired) electrons. The van der Waals surface area contributed by atoms with Gasteiger partial charge >= 0.3 is 48.6 Å². The predicted molar refractivity (Wildman–Crippen MR) is 208 cm³/mol. The minimum atomic E-state index is -2.72. The molecule has 0 saturated carbocycles. The maximum atomic E-state index is 5.84. The molecule has 182 valence electrons. The van der Waals surface area contributed by atoms with Crippen molar-refractivity contribution in [2.24, 2.45) is 0 Å². The Balaban J connectivity index is -0.0000000274. The van der Waals surface area contributed by atoms with E-state index in [1.165, 1.54) is 29.3 Å². The number of halogens is 8. The fourth-order valence-electron chi connectivity index (χ4n) is 0. The molecule has 0 nitrogen and oxygen atoms in total. The molecule has 28 heteroatoms. The van der Waals surface area contributed by atoms with E-state index in [9.17, 15) is 0 Å². The van der Waals surface area contributed by atoms with E-state index in [0.29, 0.717) is 7.35 Å². The Kier molecular flexibility index (Phi) is 57.3. The van der Waals surface area contributed by atoms with Crippen molar-refractivity contribution < 1.29 is 50.1 Å². The first-order valence-corrected chi connectivity index (χ1v) is 70.4. The van der Waals surface area contributed by atoms with Gasteiger partial charge in [0.1, 0.15) is 0 Å². The monoisotopic (exact) mass is 866 g/mol. The van der Waals surface area contributed by atoms with Crippen LogP contribution in [0.5, 0.6) is 0 Å². The van der Waals surface area contributed by atoms with Crippen molar-refractivity contribution in [2.75, 3.05) is 0 Å². The van der Waals surface area contributed by atoms with Gasteiger partial charge in [0.15, 0.2) is 0 Å². The van der Waals surface area contributed by atoms with Crippen LogP contribution in [0.1, 0.15) is 14.9 Å². The smallest absolute Gasteiger partial charge is 1.00 e. The van der Waals surface area contributed by atoms with Gasteiger partial charge in [0.05, 0.1) is 6.14 Å². The van der Waals surface area contributed by atoms with E-state index >= 15 is 0 Å². The van der Waals surface area contributed by atoms with Crippen LogP contribution in [0, 0.1) is 0 Å². The summed E-state index contributed by atoms with van der Waals surface area (Å²) in [4.78, 5) is 0. The molecule has 0 amide bonds. The number of rotatable bonds is 2. The fraction of sp³-hybridized carbons (Fsp3) is 1.00. The Hall–Kier alpha value is 7.42. The molecule has 0 aromatic rings. The van der Waals surface area contributed by atoms with Crippen LogP contribution >= 0.6 is 77.6 Å². The molecule has 0 aromatic carbocycles. The molecular formula is C2H44Cl8Li2Si18. The third kappa shape index (κ3) is 64.9. The zero-order valence-electron chi connectivity index (χ0n) is 20.0. The summed E-state index contributed by atoms with van der Waals surface area (Å²) in [5.41, 5.74) is -2.12. The minimum Gasteiger partial charge on any atom is -1.00 e. The van der Waals surface area contributed by atoms with Gasteiger partial charge in [-0.1, -0.05) is 14.9 Å². The van der Waals surface area contributed by atoms with E-state index in [0.717, 1.165) is 0 Å².